The first-order chi connectivity index (χ1) is 8.10. The second-order valence-corrected chi connectivity index (χ2v) is 7.51. The summed E-state index contributed by atoms with van der Waals surface area (Å²) >= 11 is 0. The number of rotatable bonds is 3. The lowest BCUT2D eigenvalue weighted by Gasteiger charge is -2.18. The standard InChI is InChI=1S/C13H19NO3S/c1-10(15)14-11-5-7-12(8-6-11)18(16,17)9-13(2,3)4/h5-8H,9H2,1-4H3,(H,14,15). The number of anilines is 1. The Bertz CT molecular complexity index is 524. The van der Waals surface area contributed by atoms with Gasteiger partial charge in [0.15, 0.2) is 9.84 Å². The summed E-state index contributed by atoms with van der Waals surface area (Å²) in [5.41, 5.74) is 0.312. The van der Waals surface area contributed by atoms with Crippen molar-refractivity contribution in [3.63, 3.8) is 0 Å². The highest BCUT2D eigenvalue weighted by molar-refractivity contribution is 7.91. The molecule has 0 spiro atoms. The molecule has 0 saturated carbocycles. The summed E-state index contributed by atoms with van der Waals surface area (Å²) < 4.78 is 24.2. The van der Waals surface area contributed by atoms with Crippen LogP contribution in [0.2, 0.25) is 0 Å². The number of benzene rings is 1. The van der Waals surface area contributed by atoms with Crippen LogP contribution in [0.1, 0.15) is 27.7 Å². The molecule has 0 aliphatic carbocycles. The first-order valence-corrected chi connectivity index (χ1v) is 7.36. The van der Waals surface area contributed by atoms with Gasteiger partial charge in [0.05, 0.1) is 10.6 Å². The normalized spacial score (nSPS) is 12.2. The molecule has 4 nitrogen and oxygen atoms in total. The van der Waals surface area contributed by atoms with E-state index in [1.54, 1.807) is 12.1 Å². The number of carbonyl (C=O) groups is 1. The van der Waals surface area contributed by atoms with Crippen molar-refractivity contribution in [3.8, 4) is 0 Å². The van der Waals surface area contributed by atoms with Gasteiger partial charge in [0, 0.05) is 12.6 Å². The summed E-state index contributed by atoms with van der Waals surface area (Å²) in [4.78, 5) is 11.1. The SMILES string of the molecule is CC(=O)Nc1ccc(S(=O)(=O)CC(C)(C)C)cc1. The van der Waals surface area contributed by atoms with Gasteiger partial charge < -0.3 is 5.32 Å². The second kappa shape index (κ2) is 5.10. The van der Waals surface area contributed by atoms with Crippen molar-refractivity contribution in [1.82, 2.24) is 0 Å². The maximum absolute atomic E-state index is 12.1. The molecule has 18 heavy (non-hydrogen) atoms. The average Bonchev–Trinajstić information content (AvgIpc) is 2.13. The fourth-order valence-electron chi connectivity index (χ4n) is 1.60. The quantitative estimate of drug-likeness (QED) is 0.916. The lowest BCUT2D eigenvalue weighted by molar-refractivity contribution is -0.114. The summed E-state index contributed by atoms with van der Waals surface area (Å²) in [7, 11) is -3.28. The second-order valence-electron chi connectivity index (χ2n) is 5.53. The Balaban J connectivity index is 2.94. The third-order valence-electron chi connectivity index (χ3n) is 2.16. The molecule has 0 radical (unpaired) electrons. The summed E-state index contributed by atoms with van der Waals surface area (Å²) in [6.45, 7) is 7.06. The van der Waals surface area contributed by atoms with Crippen LogP contribution in [0.25, 0.3) is 0 Å². The topological polar surface area (TPSA) is 63.2 Å². The number of amides is 1. The average molecular weight is 269 g/mol. The minimum absolute atomic E-state index is 0.0967. The first kappa shape index (κ1) is 14.7. The van der Waals surface area contributed by atoms with Gasteiger partial charge >= 0.3 is 0 Å². The zero-order chi connectivity index (χ0) is 14.0. The Morgan fingerprint density at radius 3 is 2.06 bits per heavy atom. The van der Waals surface area contributed by atoms with Gasteiger partial charge in [-0.15, -0.1) is 0 Å². The Labute approximate surface area is 108 Å². The van der Waals surface area contributed by atoms with E-state index in [4.69, 9.17) is 0 Å². The Hall–Kier alpha value is -1.36. The van der Waals surface area contributed by atoms with Gasteiger partial charge in [-0.1, -0.05) is 20.8 Å². The maximum atomic E-state index is 12.1. The number of hydrogen-bond donors (Lipinski definition) is 1. The molecule has 0 fully saturated rings. The van der Waals surface area contributed by atoms with Crippen molar-refractivity contribution in [3.05, 3.63) is 24.3 Å². The van der Waals surface area contributed by atoms with Crippen molar-refractivity contribution >= 4 is 21.4 Å². The molecule has 0 heterocycles. The Morgan fingerprint density at radius 2 is 1.67 bits per heavy atom. The van der Waals surface area contributed by atoms with Crippen LogP contribution in [0.4, 0.5) is 5.69 Å². The van der Waals surface area contributed by atoms with E-state index in [2.05, 4.69) is 5.32 Å². The number of sulfone groups is 1. The molecular formula is C13H19NO3S. The number of nitrogens with one attached hydrogen (secondary N) is 1. The Kier molecular flexibility index (Phi) is 4.16. The smallest absolute Gasteiger partial charge is 0.221 e. The van der Waals surface area contributed by atoms with Crippen LogP contribution in [0.5, 0.6) is 0 Å². The van der Waals surface area contributed by atoms with E-state index in [1.807, 2.05) is 20.8 Å². The highest BCUT2D eigenvalue weighted by Crippen LogP contribution is 2.22. The van der Waals surface area contributed by atoms with Gasteiger partial charge in [-0.25, -0.2) is 8.42 Å². The lowest BCUT2D eigenvalue weighted by atomic mass is 10.0. The molecule has 1 aromatic carbocycles. The van der Waals surface area contributed by atoms with Gasteiger partial charge in [-0.3, -0.25) is 4.79 Å². The minimum Gasteiger partial charge on any atom is -0.326 e. The van der Waals surface area contributed by atoms with Crippen molar-refractivity contribution in [1.29, 1.82) is 0 Å². The highest BCUT2D eigenvalue weighted by Gasteiger charge is 2.23. The van der Waals surface area contributed by atoms with Gasteiger partial charge in [-0.2, -0.15) is 0 Å². The first-order valence-electron chi connectivity index (χ1n) is 5.71. The van der Waals surface area contributed by atoms with Crippen LogP contribution in [0.15, 0.2) is 29.2 Å². The fraction of sp³-hybridized carbons (Fsp3) is 0.462. The van der Waals surface area contributed by atoms with E-state index in [0.29, 0.717) is 5.69 Å². The third-order valence-corrected chi connectivity index (χ3v) is 4.39. The summed E-state index contributed by atoms with van der Waals surface area (Å²) in [6.07, 6.45) is 0. The maximum Gasteiger partial charge on any atom is 0.221 e. The molecule has 0 aliphatic rings. The van der Waals surface area contributed by atoms with Crippen molar-refractivity contribution in [2.45, 2.75) is 32.6 Å². The number of hydrogen-bond acceptors (Lipinski definition) is 3. The van der Waals surface area contributed by atoms with Crippen LogP contribution in [0, 0.1) is 5.41 Å². The lowest BCUT2D eigenvalue weighted by Crippen LogP contribution is -2.20. The molecule has 1 rings (SSSR count). The van der Waals surface area contributed by atoms with Crippen LogP contribution in [-0.4, -0.2) is 20.1 Å². The molecule has 0 unspecified atom stereocenters. The third kappa shape index (κ3) is 4.49. The van der Waals surface area contributed by atoms with E-state index in [1.165, 1.54) is 19.1 Å². The van der Waals surface area contributed by atoms with Crippen molar-refractivity contribution in [2.24, 2.45) is 5.41 Å². The molecule has 5 heteroatoms. The molecule has 0 bridgehead atoms. The largest absolute Gasteiger partial charge is 0.326 e. The summed E-state index contributed by atoms with van der Waals surface area (Å²) in [5, 5.41) is 2.60. The molecule has 1 aromatic rings. The molecule has 1 N–H and O–H groups in total. The van der Waals surface area contributed by atoms with Crippen LogP contribution < -0.4 is 5.32 Å². The van der Waals surface area contributed by atoms with Gasteiger partial charge in [0.25, 0.3) is 0 Å². The molecule has 0 aromatic heterocycles. The van der Waals surface area contributed by atoms with Crippen LogP contribution in [-0.2, 0) is 14.6 Å². The van der Waals surface area contributed by atoms with E-state index in [9.17, 15) is 13.2 Å². The van der Waals surface area contributed by atoms with Crippen LogP contribution >= 0.6 is 0 Å². The minimum atomic E-state index is -3.28. The summed E-state index contributed by atoms with van der Waals surface area (Å²) in [5.74, 6) is -0.0836. The predicted molar refractivity (Wildman–Crippen MR) is 72.3 cm³/mol. The predicted octanol–water partition coefficient (Wildman–Crippen LogP) is 2.46. The van der Waals surface area contributed by atoms with Gasteiger partial charge in [0.2, 0.25) is 5.91 Å². The van der Waals surface area contributed by atoms with E-state index in [0.717, 1.165) is 0 Å². The monoisotopic (exact) mass is 269 g/mol. The summed E-state index contributed by atoms with van der Waals surface area (Å²) in [6, 6.07) is 6.23. The molecule has 1 amide bonds. The molecule has 100 valence electrons. The highest BCUT2D eigenvalue weighted by atomic mass is 32.2. The van der Waals surface area contributed by atoms with Crippen LogP contribution in [0.3, 0.4) is 0 Å². The molecular weight excluding hydrogens is 250 g/mol. The number of carbonyl (C=O) groups excluding carboxylic acids is 1. The molecule has 0 atom stereocenters. The van der Waals surface area contributed by atoms with E-state index >= 15 is 0 Å². The fourth-order valence-corrected chi connectivity index (χ4v) is 3.46. The molecule has 0 aliphatic heterocycles. The van der Waals surface area contributed by atoms with Crippen molar-refractivity contribution in [2.75, 3.05) is 11.1 Å². The van der Waals surface area contributed by atoms with E-state index < -0.39 is 9.84 Å². The molecule has 0 saturated heterocycles. The van der Waals surface area contributed by atoms with Crippen molar-refractivity contribution < 1.29 is 13.2 Å². The van der Waals surface area contributed by atoms with E-state index in [-0.39, 0.29) is 22.0 Å². The zero-order valence-corrected chi connectivity index (χ0v) is 12.0. The van der Waals surface area contributed by atoms with Gasteiger partial charge in [-0.05, 0) is 29.7 Å². The van der Waals surface area contributed by atoms with Gasteiger partial charge in [0.1, 0.15) is 0 Å². The zero-order valence-electron chi connectivity index (χ0n) is 11.1. The Morgan fingerprint density at radius 1 is 1.17 bits per heavy atom.